The first-order valence-corrected chi connectivity index (χ1v) is 6.72. The number of hydrogen-bond donors (Lipinski definition) is 2. The van der Waals surface area contributed by atoms with Crippen LogP contribution in [0.3, 0.4) is 0 Å². The Morgan fingerprint density at radius 3 is 2.77 bits per heavy atom. The molecule has 0 bridgehead atoms. The fourth-order valence-corrected chi connectivity index (χ4v) is 2.03. The molecule has 0 aliphatic rings. The van der Waals surface area contributed by atoms with Crippen LogP contribution in [0.4, 0.5) is 4.39 Å². The molecule has 1 aromatic carbocycles. The van der Waals surface area contributed by atoms with Gasteiger partial charge in [-0.2, -0.15) is 0 Å². The molecule has 7 nitrogen and oxygen atoms in total. The number of rotatable bonds is 5. The highest BCUT2D eigenvalue weighted by molar-refractivity contribution is 5.79. The van der Waals surface area contributed by atoms with Crippen LogP contribution < -0.4 is 16.4 Å². The number of carbonyl (C=O) groups is 1. The molecule has 0 aliphatic heterocycles. The minimum Gasteiger partial charge on any atom is -0.353 e. The summed E-state index contributed by atoms with van der Waals surface area (Å²) in [5.41, 5.74) is -1.26. The lowest BCUT2D eigenvalue weighted by atomic mass is 10.3. The van der Waals surface area contributed by atoms with Gasteiger partial charge in [0.2, 0.25) is 5.91 Å². The van der Waals surface area contributed by atoms with Gasteiger partial charge in [0.25, 0.3) is 0 Å². The lowest BCUT2D eigenvalue weighted by molar-refractivity contribution is -0.121. The fourth-order valence-electron chi connectivity index (χ4n) is 2.03. The van der Waals surface area contributed by atoms with Gasteiger partial charge >= 0.3 is 11.1 Å². The average molecular weight is 308 g/mol. The topological polar surface area (TPSA) is 87.2 Å². The number of nitrogens with zero attached hydrogens (tertiary/aromatic N) is 2. The van der Waals surface area contributed by atoms with Gasteiger partial charge in [0, 0.05) is 13.1 Å². The molecular weight excluding hydrogens is 291 g/mol. The van der Waals surface area contributed by atoms with Crippen LogP contribution in [-0.2, 0) is 11.3 Å². The number of nitrogens with one attached hydrogen (secondary N) is 2. The van der Waals surface area contributed by atoms with E-state index in [1.807, 2.05) is 19.0 Å². The first-order chi connectivity index (χ1) is 10.4. The zero-order valence-electron chi connectivity index (χ0n) is 12.4. The van der Waals surface area contributed by atoms with E-state index in [2.05, 4.69) is 10.3 Å². The number of halogens is 1. The van der Waals surface area contributed by atoms with Gasteiger partial charge in [0.1, 0.15) is 12.4 Å². The van der Waals surface area contributed by atoms with Crippen LogP contribution in [0, 0.1) is 5.82 Å². The number of likely N-dealkylation sites (N-methyl/N-ethyl adjacent to an activating group) is 1. The molecule has 0 aliphatic carbocycles. The third kappa shape index (κ3) is 3.59. The van der Waals surface area contributed by atoms with E-state index < -0.39 is 16.9 Å². The maximum absolute atomic E-state index is 13.2. The number of H-pyrrole nitrogens is 1. The summed E-state index contributed by atoms with van der Waals surface area (Å²) in [5.74, 6) is -0.927. The number of carbonyl (C=O) groups excluding carboxylic acids is 1. The van der Waals surface area contributed by atoms with Crippen molar-refractivity contribution in [1.29, 1.82) is 0 Å². The molecule has 8 heteroatoms. The quantitative estimate of drug-likeness (QED) is 0.730. The third-order valence-electron chi connectivity index (χ3n) is 3.12. The molecule has 1 amide bonds. The zero-order chi connectivity index (χ0) is 16.3. The van der Waals surface area contributed by atoms with E-state index in [4.69, 9.17) is 0 Å². The minimum absolute atomic E-state index is 0.172. The van der Waals surface area contributed by atoms with Crippen molar-refractivity contribution >= 4 is 16.9 Å². The van der Waals surface area contributed by atoms with Crippen molar-refractivity contribution in [1.82, 2.24) is 19.8 Å². The van der Waals surface area contributed by atoms with Crippen molar-refractivity contribution in [2.45, 2.75) is 6.54 Å². The van der Waals surface area contributed by atoms with Gasteiger partial charge in [-0.25, -0.2) is 4.39 Å². The summed E-state index contributed by atoms with van der Waals surface area (Å²) in [6.07, 6.45) is 0. The van der Waals surface area contributed by atoms with E-state index >= 15 is 0 Å². The van der Waals surface area contributed by atoms with E-state index in [1.54, 1.807) is 0 Å². The molecule has 0 fully saturated rings. The lowest BCUT2D eigenvalue weighted by Gasteiger charge is -2.12. The highest BCUT2D eigenvalue weighted by Gasteiger charge is 2.11. The van der Waals surface area contributed by atoms with Crippen LogP contribution in [0.5, 0.6) is 0 Å². The Morgan fingerprint density at radius 1 is 1.36 bits per heavy atom. The summed E-state index contributed by atoms with van der Waals surface area (Å²) in [6, 6.07) is 3.63. The number of aromatic nitrogens is 2. The highest BCUT2D eigenvalue weighted by Crippen LogP contribution is 2.10. The van der Waals surface area contributed by atoms with Crippen molar-refractivity contribution < 1.29 is 9.18 Å². The van der Waals surface area contributed by atoms with Crippen molar-refractivity contribution in [2.24, 2.45) is 0 Å². The van der Waals surface area contributed by atoms with E-state index in [-0.39, 0.29) is 18.0 Å². The van der Waals surface area contributed by atoms with E-state index in [1.165, 1.54) is 12.1 Å². The molecule has 0 saturated heterocycles. The van der Waals surface area contributed by atoms with Crippen molar-refractivity contribution in [3.63, 3.8) is 0 Å². The largest absolute Gasteiger partial charge is 0.353 e. The van der Waals surface area contributed by atoms with E-state index in [9.17, 15) is 18.8 Å². The number of benzene rings is 1. The summed E-state index contributed by atoms with van der Waals surface area (Å²) in [6.45, 7) is 0.788. The van der Waals surface area contributed by atoms with Gasteiger partial charge in [-0.3, -0.25) is 19.0 Å². The van der Waals surface area contributed by atoms with Crippen LogP contribution in [0.2, 0.25) is 0 Å². The molecule has 2 aromatic rings. The van der Waals surface area contributed by atoms with Crippen molar-refractivity contribution in [2.75, 3.05) is 27.2 Å². The first-order valence-electron chi connectivity index (χ1n) is 6.72. The van der Waals surface area contributed by atoms with Crippen molar-refractivity contribution in [3.8, 4) is 0 Å². The summed E-state index contributed by atoms with van der Waals surface area (Å²) < 4.78 is 14.3. The van der Waals surface area contributed by atoms with Crippen LogP contribution in [0.25, 0.3) is 11.0 Å². The molecular formula is C14H17FN4O3. The van der Waals surface area contributed by atoms with Crippen LogP contribution in [0.15, 0.2) is 27.8 Å². The Labute approximate surface area is 125 Å². The third-order valence-corrected chi connectivity index (χ3v) is 3.12. The molecule has 0 unspecified atom stereocenters. The molecule has 1 heterocycles. The molecule has 2 N–H and O–H groups in total. The predicted octanol–water partition coefficient (Wildman–Crippen LogP) is -0.493. The second-order valence-electron chi connectivity index (χ2n) is 5.16. The number of fused-ring (bicyclic) bond motifs is 1. The minimum atomic E-state index is -0.890. The van der Waals surface area contributed by atoms with Crippen LogP contribution in [-0.4, -0.2) is 47.5 Å². The van der Waals surface area contributed by atoms with Gasteiger partial charge in [-0.15, -0.1) is 0 Å². The fraction of sp³-hybridized carbons (Fsp3) is 0.357. The summed E-state index contributed by atoms with van der Waals surface area (Å²) in [4.78, 5) is 39.6. The molecule has 0 atom stereocenters. The number of hydrogen-bond acceptors (Lipinski definition) is 4. The van der Waals surface area contributed by atoms with E-state index in [0.717, 1.165) is 10.6 Å². The van der Waals surface area contributed by atoms with Crippen LogP contribution in [0.1, 0.15) is 0 Å². The second kappa shape index (κ2) is 6.52. The normalized spacial score (nSPS) is 11.1. The maximum atomic E-state index is 13.2. The average Bonchev–Trinajstić information content (AvgIpc) is 2.43. The van der Waals surface area contributed by atoms with Gasteiger partial charge in [0.05, 0.1) is 11.0 Å². The Balaban J connectivity index is 2.30. The SMILES string of the molecule is CN(C)CCNC(=O)Cn1c(=O)c(=O)[nH]c2cc(F)ccc21. The van der Waals surface area contributed by atoms with Crippen molar-refractivity contribution in [3.05, 3.63) is 44.7 Å². The Kier molecular flexibility index (Phi) is 4.71. The molecule has 0 spiro atoms. The number of aromatic amines is 1. The zero-order valence-corrected chi connectivity index (χ0v) is 12.4. The standard InChI is InChI=1S/C14H17FN4O3/c1-18(2)6-5-16-12(20)8-19-11-4-3-9(15)7-10(11)17-13(21)14(19)22/h3-4,7H,5-6,8H2,1-2H3,(H,16,20)(H,17,21). The number of amides is 1. The van der Waals surface area contributed by atoms with Crippen LogP contribution >= 0.6 is 0 Å². The maximum Gasteiger partial charge on any atom is 0.317 e. The molecule has 22 heavy (non-hydrogen) atoms. The van der Waals surface area contributed by atoms with Gasteiger partial charge in [-0.1, -0.05) is 0 Å². The molecule has 118 valence electrons. The van der Waals surface area contributed by atoms with Gasteiger partial charge < -0.3 is 15.2 Å². The Bertz CT molecular complexity index is 810. The Hall–Kier alpha value is -2.48. The molecule has 2 rings (SSSR count). The lowest BCUT2D eigenvalue weighted by Crippen LogP contribution is -2.41. The second-order valence-corrected chi connectivity index (χ2v) is 5.16. The first kappa shape index (κ1) is 15.9. The van der Waals surface area contributed by atoms with Gasteiger partial charge in [0.15, 0.2) is 0 Å². The smallest absolute Gasteiger partial charge is 0.317 e. The highest BCUT2D eigenvalue weighted by atomic mass is 19.1. The monoisotopic (exact) mass is 308 g/mol. The molecule has 0 radical (unpaired) electrons. The Morgan fingerprint density at radius 2 is 2.09 bits per heavy atom. The molecule has 1 aromatic heterocycles. The summed E-state index contributed by atoms with van der Waals surface area (Å²) in [5, 5.41) is 2.66. The van der Waals surface area contributed by atoms with Gasteiger partial charge in [-0.05, 0) is 32.3 Å². The van der Waals surface area contributed by atoms with E-state index in [0.29, 0.717) is 18.6 Å². The summed E-state index contributed by atoms with van der Waals surface area (Å²) in [7, 11) is 3.74. The molecule has 0 saturated carbocycles. The summed E-state index contributed by atoms with van der Waals surface area (Å²) >= 11 is 0. The predicted molar refractivity (Wildman–Crippen MR) is 80.4 cm³/mol.